The number of amides is 2. The molecule has 2 heterocycles. The molecule has 0 radical (unpaired) electrons. The molecule has 6 nitrogen and oxygen atoms in total. The third-order valence-electron chi connectivity index (χ3n) is 3.99. The average molecular weight is 341 g/mol. The number of hydrogen-bond donors (Lipinski definition) is 2. The summed E-state index contributed by atoms with van der Waals surface area (Å²) in [6.45, 7) is 2.29. The lowest BCUT2D eigenvalue weighted by atomic mass is 10.2. The van der Waals surface area contributed by atoms with Crippen molar-refractivity contribution in [2.45, 2.75) is 32.0 Å². The van der Waals surface area contributed by atoms with E-state index in [-0.39, 0.29) is 12.1 Å². The Bertz CT molecular complexity index is 673. The van der Waals surface area contributed by atoms with Crippen LogP contribution in [0.2, 0.25) is 0 Å². The second kappa shape index (κ2) is 9.03. The normalized spacial score (nSPS) is 16.4. The molecule has 1 unspecified atom stereocenters. The molecule has 2 amide bonds. The van der Waals surface area contributed by atoms with Crippen LogP contribution in [0.4, 0.5) is 4.79 Å². The lowest BCUT2D eigenvalue weighted by Gasteiger charge is -2.12. The third-order valence-corrected chi connectivity index (χ3v) is 3.99. The lowest BCUT2D eigenvalue weighted by Crippen LogP contribution is -2.34. The molecular formula is C19H23N3O3. The maximum absolute atomic E-state index is 11.9. The molecule has 1 fully saturated rings. The van der Waals surface area contributed by atoms with Gasteiger partial charge in [0, 0.05) is 32.1 Å². The van der Waals surface area contributed by atoms with Gasteiger partial charge in [0.25, 0.3) is 0 Å². The first-order valence-electron chi connectivity index (χ1n) is 8.53. The molecule has 0 saturated carbocycles. The number of ether oxygens (including phenoxy) is 2. The molecule has 132 valence electrons. The molecule has 25 heavy (non-hydrogen) atoms. The largest absolute Gasteiger partial charge is 0.491 e. The van der Waals surface area contributed by atoms with Crippen LogP contribution >= 0.6 is 0 Å². The van der Waals surface area contributed by atoms with Gasteiger partial charge in [-0.25, -0.2) is 4.79 Å². The van der Waals surface area contributed by atoms with E-state index in [2.05, 4.69) is 15.6 Å². The molecule has 1 aromatic carbocycles. The van der Waals surface area contributed by atoms with Crippen LogP contribution in [0.5, 0.6) is 5.75 Å². The fourth-order valence-corrected chi connectivity index (χ4v) is 2.64. The zero-order valence-electron chi connectivity index (χ0n) is 14.1. The summed E-state index contributed by atoms with van der Waals surface area (Å²) in [7, 11) is 0. The lowest BCUT2D eigenvalue weighted by molar-refractivity contribution is 0.0679. The number of nitrogens with zero attached hydrogens (tertiary/aromatic N) is 1. The summed E-state index contributed by atoms with van der Waals surface area (Å²) in [6, 6.07) is 11.3. The van der Waals surface area contributed by atoms with Crippen molar-refractivity contribution in [3.8, 4) is 5.75 Å². The van der Waals surface area contributed by atoms with E-state index in [1.54, 1.807) is 12.4 Å². The summed E-state index contributed by atoms with van der Waals surface area (Å²) in [4.78, 5) is 15.9. The standard InChI is InChI=1S/C19H23N3O3/c23-19(22-13-16-5-2-8-20-11-16)21-12-15-4-1-6-17(10-15)25-14-18-7-3-9-24-18/h1-2,4-6,8,10-11,18H,3,7,9,12-14H2,(H2,21,22,23). The Hall–Kier alpha value is -2.60. The molecule has 2 N–H and O–H groups in total. The Morgan fingerprint density at radius 3 is 2.80 bits per heavy atom. The van der Waals surface area contributed by atoms with E-state index in [9.17, 15) is 4.79 Å². The van der Waals surface area contributed by atoms with Crippen LogP contribution in [0.25, 0.3) is 0 Å². The predicted molar refractivity (Wildman–Crippen MR) is 94.2 cm³/mol. The number of pyridine rings is 1. The van der Waals surface area contributed by atoms with E-state index in [1.807, 2.05) is 36.4 Å². The highest BCUT2D eigenvalue weighted by atomic mass is 16.5. The van der Waals surface area contributed by atoms with Gasteiger partial charge in [0.15, 0.2) is 0 Å². The summed E-state index contributed by atoms with van der Waals surface area (Å²) in [5, 5.41) is 5.65. The second-order valence-electron chi connectivity index (χ2n) is 5.99. The molecule has 1 aliphatic heterocycles. The van der Waals surface area contributed by atoms with Crippen LogP contribution in [0.15, 0.2) is 48.8 Å². The van der Waals surface area contributed by atoms with E-state index in [1.165, 1.54) is 0 Å². The van der Waals surface area contributed by atoms with E-state index >= 15 is 0 Å². The first-order chi connectivity index (χ1) is 12.3. The number of carbonyl (C=O) groups excluding carboxylic acids is 1. The Kier molecular flexibility index (Phi) is 6.23. The van der Waals surface area contributed by atoms with E-state index in [4.69, 9.17) is 9.47 Å². The van der Waals surface area contributed by atoms with Crippen LogP contribution in [0.1, 0.15) is 24.0 Å². The van der Waals surface area contributed by atoms with Crippen molar-refractivity contribution in [1.82, 2.24) is 15.6 Å². The molecule has 0 bridgehead atoms. The number of aromatic nitrogens is 1. The number of carbonyl (C=O) groups is 1. The van der Waals surface area contributed by atoms with Gasteiger partial charge >= 0.3 is 6.03 Å². The molecule has 0 aliphatic carbocycles. The van der Waals surface area contributed by atoms with Crippen molar-refractivity contribution in [2.24, 2.45) is 0 Å². The second-order valence-corrected chi connectivity index (χ2v) is 5.99. The summed E-state index contributed by atoms with van der Waals surface area (Å²) in [5.41, 5.74) is 1.95. The summed E-state index contributed by atoms with van der Waals surface area (Å²) >= 11 is 0. The fraction of sp³-hybridized carbons (Fsp3) is 0.368. The van der Waals surface area contributed by atoms with Crippen molar-refractivity contribution in [1.29, 1.82) is 0 Å². The minimum Gasteiger partial charge on any atom is -0.491 e. The average Bonchev–Trinajstić information content (AvgIpc) is 3.18. The van der Waals surface area contributed by atoms with E-state index in [0.29, 0.717) is 19.7 Å². The number of rotatable bonds is 7. The maximum atomic E-state index is 11.9. The van der Waals surface area contributed by atoms with E-state index < -0.39 is 0 Å². The predicted octanol–water partition coefficient (Wildman–Crippen LogP) is 2.64. The monoisotopic (exact) mass is 341 g/mol. The number of nitrogens with one attached hydrogen (secondary N) is 2. The molecular weight excluding hydrogens is 318 g/mol. The Morgan fingerprint density at radius 1 is 1.20 bits per heavy atom. The quantitative estimate of drug-likeness (QED) is 0.812. The molecule has 1 atom stereocenters. The van der Waals surface area contributed by atoms with E-state index in [0.717, 1.165) is 36.3 Å². The van der Waals surface area contributed by atoms with Crippen LogP contribution in [-0.2, 0) is 17.8 Å². The van der Waals surface area contributed by atoms with Gasteiger partial charge in [0.05, 0.1) is 6.10 Å². The van der Waals surface area contributed by atoms with Crippen LogP contribution in [0.3, 0.4) is 0 Å². The number of benzene rings is 1. The Balaban J connectivity index is 1.41. The summed E-state index contributed by atoms with van der Waals surface area (Å²) < 4.78 is 11.3. The first kappa shape index (κ1) is 17.2. The highest BCUT2D eigenvalue weighted by Crippen LogP contribution is 2.17. The first-order valence-corrected chi connectivity index (χ1v) is 8.53. The Labute approximate surface area is 147 Å². The highest BCUT2D eigenvalue weighted by Gasteiger charge is 2.15. The van der Waals surface area contributed by atoms with Crippen molar-refractivity contribution >= 4 is 6.03 Å². The molecule has 1 aliphatic rings. The van der Waals surface area contributed by atoms with Crippen LogP contribution < -0.4 is 15.4 Å². The smallest absolute Gasteiger partial charge is 0.315 e. The minimum atomic E-state index is -0.213. The van der Waals surface area contributed by atoms with Crippen LogP contribution in [-0.4, -0.2) is 30.3 Å². The van der Waals surface area contributed by atoms with Gasteiger partial charge in [-0.3, -0.25) is 4.98 Å². The van der Waals surface area contributed by atoms with Gasteiger partial charge in [-0.1, -0.05) is 18.2 Å². The topological polar surface area (TPSA) is 72.5 Å². The molecule has 1 saturated heterocycles. The summed E-state index contributed by atoms with van der Waals surface area (Å²) in [6.07, 6.45) is 5.79. The highest BCUT2D eigenvalue weighted by molar-refractivity contribution is 5.73. The van der Waals surface area contributed by atoms with Crippen molar-refractivity contribution in [2.75, 3.05) is 13.2 Å². The number of hydrogen-bond acceptors (Lipinski definition) is 4. The fourth-order valence-electron chi connectivity index (χ4n) is 2.64. The number of urea groups is 1. The van der Waals surface area contributed by atoms with Gasteiger partial charge < -0.3 is 20.1 Å². The molecule has 6 heteroatoms. The SMILES string of the molecule is O=C(NCc1cccnc1)NCc1cccc(OCC2CCCO2)c1. The zero-order chi connectivity index (χ0) is 17.3. The van der Waals surface area contributed by atoms with Crippen molar-refractivity contribution in [3.05, 3.63) is 59.9 Å². The Morgan fingerprint density at radius 2 is 2.04 bits per heavy atom. The van der Waals surface area contributed by atoms with Crippen molar-refractivity contribution in [3.63, 3.8) is 0 Å². The van der Waals surface area contributed by atoms with Gasteiger partial charge in [-0.15, -0.1) is 0 Å². The zero-order valence-corrected chi connectivity index (χ0v) is 14.1. The van der Waals surface area contributed by atoms with Gasteiger partial charge in [-0.05, 0) is 42.2 Å². The molecule has 3 rings (SSSR count). The minimum absolute atomic E-state index is 0.194. The third kappa shape index (κ3) is 5.76. The molecule has 2 aromatic rings. The molecule has 1 aromatic heterocycles. The van der Waals surface area contributed by atoms with Gasteiger partial charge in [-0.2, -0.15) is 0 Å². The van der Waals surface area contributed by atoms with Crippen LogP contribution in [0, 0.1) is 0 Å². The maximum Gasteiger partial charge on any atom is 0.315 e. The molecule has 0 spiro atoms. The van der Waals surface area contributed by atoms with Gasteiger partial charge in [0.1, 0.15) is 12.4 Å². The summed E-state index contributed by atoms with van der Waals surface area (Å²) in [5.74, 6) is 0.797. The van der Waals surface area contributed by atoms with Crippen molar-refractivity contribution < 1.29 is 14.3 Å². The van der Waals surface area contributed by atoms with Gasteiger partial charge in [0.2, 0.25) is 0 Å².